The Balaban J connectivity index is 1.06. The lowest BCUT2D eigenvalue weighted by molar-refractivity contribution is 1.05. The second-order valence-corrected chi connectivity index (χ2v) is 17.7. The summed E-state index contributed by atoms with van der Waals surface area (Å²) >= 11 is 0. The van der Waals surface area contributed by atoms with Crippen molar-refractivity contribution in [3.8, 4) is 0 Å². The molecule has 0 bridgehead atoms. The van der Waals surface area contributed by atoms with Crippen molar-refractivity contribution in [3.63, 3.8) is 0 Å². The summed E-state index contributed by atoms with van der Waals surface area (Å²) in [7, 11) is 0. The van der Waals surface area contributed by atoms with Crippen LogP contribution in [-0.2, 0) is 6.42 Å². The number of aryl methyl sites for hydroxylation is 5. The molecule has 0 atom stereocenters. The first-order chi connectivity index (χ1) is 30.4. The van der Waals surface area contributed by atoms with Crippen molar-refractivity contribution >= 4 is 106 Å². The van der Waals surface area contributed by atoms with Crippen LogP contribution in [-0.4, -0.2) is 8.80 Å². The van der Waals surface area contributed by atoms with Crippen LogP contribution in [0.4, 0.5) is 34.1 Å². The van der Waals surface area contributed by atoms with Crippen molar-refractivity contribution in [1.29, 1.82) is 0 Å². The molecule has 0 radical (unpaired) electrons. The molecule has 13 rings (SSSR count). The molecule has 12 aromatic rings. The average molecular weight is 797 g/mol. The van der Waals surface area contributed by atoms with Gasteiger partial charge in [0.2, 0.25) is 0 Å². The van der Waals surface area contributed by atoms with Gasteiger partial charge in [-0.2, -0.15) is 0 Å². The molecule has 8 aromatic carbocycles. The molecule has 4 nitrogen and oxygen atoms in total. The highest BCUT2D eigenvalue weighted by Gasteiger charge is 2.25. The molecule has 0 unspecified atom stereocenters. The monoisotopic (exact) mass is 796 g/mol. The van der Waals surface area contributed by atoms with E-state index in [-0.39, 0.29) is 0 Å². The Morgan fingerprint density at radius 1 is 0.355 bits per heavy atom. The van der Waals surface area contributed by atoms with Gasteiger partial charge in [-0.25, -0.2) is 0 Å². The number of fused-ring (bicyclic) bond motifs is 12. The molecule has 62 heavy (non-hydrogen) atoms. The first-order valence-corrected chi connectivity index (χ1v) is 21.9. The Bertz CT molecular complexity index is 3720. The number of benzene rings is 8. The lowest BCUT2D eigenvalue weighted by Crippen LogP contribution is -2.10. The maximum absolute atomic E-state index is 2.59. The molecule has 0 amide bonds. The maximum Gasteiger partial charge on any atom is 0.0620 e. The Morgan fingerprint density at radius 2 is 0.758 bits per heavy atom. The van der Waals surface area contributed by atoms with Gasteiger partial charge < -0.3 is 18.6 Å². The van der Waals surface area contributed by atoms with E-state index in [9.17, 15) is 0 Å². The Morgan fingerprint density at radius 3 is 1.29 bits per heavy atom. The zero-order chi connectivity index (χ0) is 41.4. The smallest absolute Gasteiger partial charge is 0.0620 e. The van der Waals surface area contributed by atoms with E-state index in [1.807, 2.05) is 0 Å². The fourth-order valence-corrected chi connectivity index (χ4v) is 10.7. The predicted molar refractivity (Wildman–Crippen MR) is 263 cm³/mol. The van der Waals surface area contributed by atoms with Crippen LogP contribution >= 0.6 is 0 Å². The molecule has 4 heterocycles. The van der Waals surface area contributed by atoms with Gasteiger partial charge in [-0.1, -0.05) is 107 Å². The third-order valence-corrected chi connectivity index (χ3v) is 13.7. The Hall–Kier alpha value is -7.56. The van der Waals surface area contributed by atoms with Crippen molar-refractivity contribution in [2.24, 2.45) is 0 Å². The summed E-state index contributed by atoms with van der Waals surface area (Å²) in [4.78, 5) is 4.79. The molecule has 4 aromatic heterocycles. The van der Waals surface area contributed by atoms with Crippen LogP contribution in [0.15, 0.2) is 164 Å². The van der Waals surface area contributed by atoms with Gasteiger partial charge in [0.15, 0.2) is 0 Å². The third-order valence-electron chi connectivity index (χ3n) is 13.7. The zero-order valence-electron chi connectivity index (χ0n) is 35.4. The van der Waals surface area contributed by atoms with Crippen molar-refractivity contribution in [3.05, 3.63) is 197 Å². The molecule has 0 saturated carbocycles. The molecule has 1 aliphatic rings. The maximum atomic E-state index is 2.59. The van der Waals surface area contributed by atoms with Gasteiger partial charge in [0, 0.05) is 71.7 Å². The minimum absolute atomic E-state index is 1.03. The van der Waals surface area contributed by atoms with Crippen molar-refractivity contribution in [2.45, 2.75) is 40.5 Å². The molecule has 0 aliphatic heterocycles. The molecular formula is C58H44N4. The highest BCUT2D eigenvalue weighted by Crippen LogP contribution is 2.45. The second kappa shape index (κ2) is 13.0. The average Bonchev–Trinajstić information content (AvgIpc) is 4.02. The Kier molecular flexibility index (Phi) is 7.37. The fourth-order valence-electron chi connectivity index (χ4n) is 10.7. The van der Waals surface area contributed by atoms with E-state index in [0.29, 0.717) is 0 Å². The lowest BCUT2D eigenvalue weighted by Gasteiger charge is -2.26. The van der Waals surface area contributed by atoms with Gasteiger partial charge >= 0.3 is 0 Å². The first kappa shape index (κ1) is 35.2. The van der Waals surface area contributed by atoms with Crippen LogP contribution in [0.5, 0.6) is 0 Å². The standard InChI is InChI=1S/C58H44N4/c1-35-11-19-39(20-12-35)59(40-21-13-36(2)14-22-40)43-27-29-45-47-7-5-9-49-51-34-56-52(33-55(51)61(57(47)49)53(45)31-43)50-10-6-8-48-46-30-28-44(32-54(46)62(56)58(48)50)60(41-23-15-37(3)16-24-41)42-25-17-38(4)18-26-42/h5,7-9,11-34H,6,10H2,1-4H3. The summed E-state index contributed by atoms with van der Waals surface area (Å²) in [6.07, 6.45) is 4.54. The van der Waals surface area contributed by atoms with Gasteiger partial charge in [-0.3, -0.25) is 0 Å². The van der Waals surface area contributed by atoms with Gasteiger partial charge in [-0.05, 0) is 131 Å². The summed E-state index contributed by atoms with van der Waals surface area (Å²) in [5.74, 6) is 0. The minimum atomic E-state index is 1.03. The molecular weight excluding hydrogens is 753 g/mol. The molecule has 4 heteroatoms. The van der Waals surface area contributed by atoms with Crippen LogP contribution in [0, 0.1) is 27.7 Å². The van der Waals surface area contributed by atoms with Crippen LogP contribution in [0.1, 0.15) is 34.2 Å². The number of aromatic nitrogens is 2. The summed E-state index contributed by atoms with van der Waals surface area (Å²) in [6.45, 7) is 8.61. The number of nitrogens with zero attached hydrogens (tertiary/aromatic N) is 4. The summed E-state index contributed by atoms with van der Waals surface area (Å²) in [6, 6.07) is 61.6. The minimum Gasteiger partial charge on any atom is -0.310 e. The Labute approximate surface area is 360 Å². The van der Waals surface area contributed by atoms with Gasteiger partial charge in [-0.15, -0.1) is 0 Å². The molecule has 0 saturated heterocycles. The van der Waals surface area contributed by atoms with E-state index in [1.165, 1.54) is 98.5 Å². The molecule has 0 fully saturated rings. The second-order valence-electron chi connectivity index (χ2n) is 17.7. The SMILES string of the molecule is Cc1ccc(N(c2ccc(C)cc2)c2ccc3c4c5c(c6cc7c(cc6n5c3c2)c2cccc3c5ccc(N(c6ccc(C)cc6)c6ccc(C)cc6)cc5n7c32)CCC=4)cc1. The van der Waals surface area contributed by atoms with Crippen molar-refractivity contribution < 1.29 is 0 Å². The fraction of sp³-hybridized carbons (Fsp3) is 0.103. The van der Waals surface area contributed by atoms with Crippen molar-refractivity contribution in [2.75, 3.05) is 9.80 Å². The van der Waals surface area contributed by atoms with Crippen LogP contribution in [0.2, 0.25) is 0 Å². The van der Waals surface area contributed by atoms with E-state index in [2.05, 4.69) is 216 Å². The number of rotatable bonds is 6. The molecule has 0 spiro atoms. The van der Waals surface area contributed by atoms with E-state index in [0.717, 1.165) is 47.0 Å². The summed E-state index contributed by atoms with van der Waals surface area (Å²) in [5.41, 5.74) is 21.1. The zero-order valence-corrected chi connectivity index (χ0v) is 35.4. The topological polar surface area (TPSA) is 15.3 Å². The van der Waals surface area contributed by atoms with Gasteiger partial charge in [0.05, 0.1) is 33.1 Å². The quantitative estimate of drug-likeness (QED) is 0.167. The number of para-hydroxylation sites is 1. The number of hydrogen-bond donors (Lipinski definition) is 0. The van der Waals surface area contributed by atoms with E-state index in [4.69, 9.17) is 0 Å². The predicted octanol–water partition coefficient (Wildman–Crippen LogP) is 15.0. The molecule has 296 valence electrons. The summed E-state index contributed by atoms with van der Waals surface area (Å²) in [5, 5.41) is 9.21. The van der Waals surface area contributed by atoms with Crippen LogP contribution in [0.3, 0.4) is 0 Å². The molecule has 1 aliphatic carbocycles. The number of anilines is 6. The van der Waals surface area contributed by atoms with Crippen LogP contribution < -0.4 is 15.0 Å². The largest absolute Gasteiger partial charge is 0.310 e. The van der Waals surface area contributed by atoms with Crippen molar-refractivity contribution in [1.82, 2.24) is 8.80 Å². The van der Waals surface area contributed by atoms with E-state index in [1.54, 1.807) is 0 Å². The molecule has 0 N–H and O–H groups in total. The lowest BCUT2D eigenvalue weighted by atomic mass is 9.99. The first-order valence-electron chi connectivity index (χ1n) is 21.9. The normalized spacial score (nSPS) is 12.8. The van der Waals surface area contributed by atoms with Gasteiger partial charge in [0.25, 0.3) is 0 Å². The highest BCUT2D eigenvalue weighted by molar-refractivity contribution is 6.25. The van der Waals surface area contributed by atoms with E-state index >= 15 is 0 Å². The van der Waals surface area contributed by atoms with Gasteiger partial charge in [0.1, 0.15) is 0 Å². The van der Waals surface area contributed by atoms with Crippen LogP contribution in [0.25, 0.3) is 71.5 Å². The highest BCUT2D eigenvalue weighted by atomic mass is 15.1. The van der Waals surface area contributed by atoms with E-state index < -0.39 is 0 Å². The third kappa shape index (κ3) is 5.01. The summed E-state index contributed by atoms with van der Waals surface area (Å²) < 4.78 is 5.14. The number of hydrogen-bond acceptors (Lipinski definition) is 2.